The summed E-state index contributed by atoms with van der Waals surface area (Å²) in [5, 5.41) is 21.1. The number of carbonyl (C=O) groups is 3. The van der Waals surface area contributed by atoms with E-state index < -0.39 is 35.5 Å². The maximum absolute atomic E-state index is 11.8. The van der Waals surface area contributed by atoms with Crippen LogP contribution in [-0.2, 0) is 14.3 Å². The van der Waals surface area contributed by atoms with Crippen LogP contribution in [0.2, 0.25) is 0 Å². The number of phenols is 1. The molecule has 7 heteroatoms. The van der Waals surface area contributed by atoms with E-state index >= 15 is 0 Å². The van der Waals surface area contributed by atoms with Gasteiger partial charge in [0, 0.05) is 17.5 Å². The fourth-order valence-corrected chi connectivity index (χ4v) is 2.01. The van der Waals surface area contributed by atoms with E-state index in [0.29, 0.717) is 5.69 Å². The third-order valence-electron chi connectivity index (χ3n) is 3.10. The molecule has 2 rings (SSSR count). The van der Waals surface area contributed by atoms with Crippen molar-refractivity contribution in [3.63, 3.8) is 0 Å². The van der Waals surface area contributed by atoms with Crippen molar-refractivity contribution in [1.29, 1.82) is 0 Å². The first-order valence-electron chi connectivity index (χ1n) is 6.07. The molecule has 1 aromatic carbocycles. The molecule has 2 atom stereocenters. The molecular weight excluding hydrogens is 278 g/mol. The van der Waals surface area contributed by atoms with E-state index in [1.807, 2.05) is 0 Å². The monoisotopic (exact) mass is 291 g/mol. The van der Waals surface area contributed by atoms with Gasteiger partial charge in [0.2, 0.25) is 0 Å². The number of ether oxygens (including phenoxy) is 1. The number of benzene rings is 1. The van der Waals surface area contributed by atoms with Crippen LogP contribution >= 0.6 is 0 Å². The lowest BCUT2D eigenvalue weighted by molar-refractivity contribution is -0.143. The number of carboxylic acid groups (broad SMARTS) is 1. The number of anilines is 1. The number of esters is 1. The fraction of sp³-hybridized carbons (Fsp3) is 0.214. The Kier molecular flexibility index (Phi) is 3.66. The molecule has 21 heavy (non-hydrogen) atoms. The van der Waals surface area contributed by atoms with E-state index in [1.165, 1.54) is 25.1 Å². The van der Waals surface area contributed by atoms with E-state index in [0.717, 1.165) is 0 Å². The Morgan fingerprint density at radius 2 is 2.05 bits per heavy atom. The second-order valence-corrected chi connectivity index (χ2v) is 4.60. The zero-order valence-corrected chi connectivity index (χ0v) is 11.1. The molecule has 110 valence electrons. The molecule has 7 nitrogen and oxygen atoms in total. The average Bonchev–Trinajstić information content (AvgIpc) is 2.62. The fourth-order valence-electron chi connectivity index (χ4n) is 2.01. The second kappa shape index (κ2) is 5.28. The maximum atomic E-state index is 11.8. The van der Waals surface area contributed by atoms with E-state index in [9.17, 15) is 19.5 Å². The van der Waals surface area contributed by atoms with Crippen molar-refractivity contribution in [3.05, 3.63) is 36.0 Å². The topological polar surface area (TPSA) is 113 Å². The van der Waals surface area contributed by atoms with Gasteiger partial charge in [-0.15, -0.1) is 0 Å². The molecule has 0 radical (unpaired) electrons. The highest BCUT2D eigenvalue weighted by molar-refractivity contribution is 6.09. The van der Waals surface area contributed by atoms with Crippen LogP contribution in [0.4, 0.5) is 5.69 Å². The lowest BCUT2D eigenvalue weighted by atomic mass is 10.0. The molecular formula is C14H13NO6. The SMILES string of the molecule is C=C(Nc1ccc(C(=O)O)c(O)c1)[C@H]1C(=O)O[C@H](C)C1=O. The average molecular weight is 291 g/mol. The van der Waals surface area contributed by atoms with Gasteiger partial charge in [0.1, 0.15) is 11.3 Å². The normalized spacial score (nSPS) is 21.0. The van der Waals surface area contributed by atoms with Gasteiger partial charge in [0.25, 0.3) is 0 Å². The number of Topliss-reactive ketones (excluding diaryl/α,β-unsaturated/α-hetero) is 1. The molecule has 0 amide bonds. The smallest absolute Gasteiger partial charge is 0.339 e. The van der Waals surface area contributed by atoms with Crippen LogP contribution in [0, 0.1) is 5.92 Å². The first kappa shape index (κ1) is 14.6. The number of hydrogen-bond acceptors (Lipinski definition) is 6. The lowest BCUT2D eigenvalue weighted by Crippen LogP contribution is -2.23. The summed E-state index contributed by atoms with van der Waals surface area (Å²) in [6, 6.07) is 3.76. The predicted octanol–water partition coefficient (Wildman–Crippen LogP) is 1.15. The number of nitrogens with one attached hydrogen (secondary N) is 1. The van der Waals surface area contributed by atoms with Crippen molar-refractivity contribution in [1.82, 2.24) is 0 Å². The number of hydrogen-bond donors (Lipinski definition) is 3. The van der Waals surface area contributed by atoms with Crippen molar-refractivity contribution >= 4 is 23.4 Å². The minimum Gasteiger partial charge on any atom is -0.507 e. The number of ketones is 1. The van der Waals surface area contributed by atoms with Crippen LogP contribution in [0.15, 0.2) is 30.5 Å². The second-order valence-electron chi connectivity index (χ2n) is 4.60. The highest BCUT2D eigenvalue weighted by Crippen LogP contribution is 2.27. The minimum atomic E-state index is -1.26. The van der Waals surface area contributed by atoms with Crippen molar-refractivity contribution in [2.75, 3.05) is 5.32 Å². The van der Waals surface area contributed by atoms with Gasteiger partial charge < -0.3 is 20.3 Å². The quantitative estimate of drug-likeness (QED) is 0.563. The standard InChI is InChI=1S/C14H13NO6/c1-6(11-12(17)7(2)21-14(11)20)15-8-3-4-9(13(18)19)10(16)5-8/h3-5,7,11,15-16H,1H2,2H3,(H,18,19)/t7-,11-/m1/s1. The Labute approximate surface area is 119 Å². The van der Waals surface area contributed by atoms with E-state index in [-0.39, 0.29) is 11.3 Å². The summed E-state index contributed by atoms with van der Waals surface area (Å²) < 4.78 is 4.80. The molecule has 0 bridgehead atoms. The van der Waals surface area contributed by atoms with Gasteiger partial charge >= 0.3 is 11.9 Å². The summed E-state index contributed by atoms with van der Waals surface area (Å²) in [5.41, 5.74) is 0.163. The molecule has 1 aromatic rings. The van der Waals surface area contributed by atoms with E-state index in [2.05, 4.69) is 11.9 Å². The summed E-state index contributed by atoms with van der Waals surface area (Å²) in [7, 11) is 0. The van der Waals surface area contributed by atoms with E-state index in [1.54, 1.807) is 0 Å². The molecule has 1 heterocycles. The van der Waals surface area contributed by atoms with E-state index in [4.69, 9.17) is 9.84 Å². The Balaban J connectivity index is 2.17. The third-order valence-corrected chi connectivity index (χ3v) is 3.10. The largest absolute Gasteiger partial charge is 0.507 e. The van der Waals surface area contributed by atoms with Gasteiger partial charge in [-0.25, -0.2) is 4.79 Å². The summed E-state index contributed by atoms with van der Waals surface area (Å²) >= 11 is 0. The van der Waals surface area contributed by atoms with Crippen LogP contribution < -0.4 is 5.32 Å². The van der Waals surface area contributed by atoms with Crippen molar-refractivity contribution in [3.8, 4) is 5.75 Å². The molecule has 0 aliphatic carbocycles. The van der Waals surface area contributed by atoms with Gasteiger partial charge in [0.05, 0.1) is 0 Å². The number of cyclic esters (lactones) is 1. The molecule has 0 spiro atoms. The van der Waals surface area contributed by atoms with Crippen LogP contribution in [0.25, 0.3) is 0 Å². The molecule has 1 fully saturated rings. The first-order chi connectivity index (χ1) is 9.81. The molecule has 0 saturated carbocycles. The number of carbonyl (C=O) groups excluding carboxylic acids is 2. The van der Waals surface area contributed by atoms with Crippen molar-refractivity contribution in [2.45, 2.75) is 13.0 Å². The van der Waals surface area contributed by atoms with Crippen LogP contribution in [0.5, 0.6) is 5.75 Å². The highest BCUT2D eigenvalue weighted by atomic mass is 16.6. The first-order valence-corrected chi connectivity index (χ1v) is 6.07. The van der Waals surface area contributed by atoms with Crippen LogP contribution in [0.3, 0.4) is 0 Å². The third kappa shape index (κ3) is 2.71. The maximum Gasteiger partial charge on any atom is 0.339 e. The lowest BCUT2D eigenvalue weighted by Gasteiger charge is -2.13. The predicted molar refractivity (Wildman–Crippen MR) is 71.9 cm³/mol. The summed E-state index contributed by atoms with van der Waals surface area (Å²) in [6.45, 7) is 5.10. The minimum absolute atomic E-state index is 0.108. The highest BCUT2D eigenvalue weighted by Gasteiger charge is 2.42. The summed E-state index contributed by atoms with van der Waals surface area (Å²) in [6.07, 6.45) is -0.816. The zero-order valence-electron chi connectivity index (χ0n) is 11.1. The number of carboxylic acids is 1. The van der Waals surface area contributed by atoms with Gasteiger partial charge in [-0.05, 0) is 19.1 Å². The number of aromatic hydroxyl groups is 1. The molecule has 3 N–H and O–H groups in total. The Bertz CT molecular complexity index is 651. The van der Waals surface area contributed by atoms with Crippen LogP contribution in [0.1, 0.15) is 17.3 Å². The zero-order chi connectivity index (χ0) is 15.7. The summed E-state index contributed by atoms with van der Waals surface area (Å²) in [5.74, 6) is -3.89. The Morgan fingerprint density at radius 3 is 2.52 bits per heavy atom. The van der Waals surface area contributed by atoms with Crippen LogP contribution in [-0.4, -0.2) is 34.0 Å². The molecule has 1 saturated heterocycles. The molecule has 0 aromatic heterocycles. The van der Waals surface area contributed by atoms with Gasteiger partial charge in [-0.2, -0.15) is 0 Å². The van der Waals surface area contributed by atoms with Crippen molar-refractivity contribution < 1.29 is 29.3 Å². The molecule has 1 aliphatic heterocycles. The summed E-state index contributed by atoms with van der Waals surface area (Å²) in [4.78, 5) is 34.1. The number of rotatable bonds is 4. The Morgan fingerprint density at radius 1 is 1.38 bits per heavy atom. The van der Waals surface area contributed by atoms with Gasteiger partial charge in [0.15, 0.2) is 17.8 Å². The molecule has 1 aliphatic rings. The van der Waals surface area contributed by atoms with Gasteiger partial charge in [-0.1, -0.05) is 6.58 Å². The number of aromatic carboxylic acids is 1. The molecule has 0 unspecified atom stereocenters. The van der Waals surface area contributed by atoms with Crippen molar-refractivity contribution in [2.24, 2.45) is 5.92 Å². The van der Waals surface area contributed by atoms with Gasteiger partial charge in [-0.3, -0.25) is 9.59 Å². The Hall–Kier alpha value is -2.83.